The van der Waals surface area contributed by atoms with Gasteiger partial charge >= 0.3 is 0 Å². The van der Waals surface area contributed by atoms with Gasteiger partial charge in [-0.1, -0.05) is 11.6 Å². The van der Waals surface area contributed by atoms with Crippen LogP contribution in [0.15, 0.2) is 18.2 Å². The van der Waals surface area contributed by atoms with Gasteiger partial charge in [0, 0.05) is 24.7 Å². The summed E-state index contributed by atoms with van der Waals surface area (Å²) in [6, 6.07) is 4.38. The van der Waals surface area contributed by atoms with Gasteiger partial charge in [0.1, 0.15) is 5.82 Å². The van der Waals surface area contributed by atoms with E-state index in [-0.39, 0.29) is 5.82 Å². The van der Waals surface area contributed by atoms with E-state index in [9.17, 15) is 9.50 Å². The van der Waals surface area contributed by atoms with Crippen molar-refractivity contribution in [3.8, 4) is 0 Å². The van der Waals surface area contributed by atoms with Crippen LogP contribution in [0, 0.1) is 5.82 Å². The van der Waals surface area contributed by atoms with E-state index >= 15 is 0 Å². The van der Waals surface area contributed by atoms with Crippen LogP contribution in [-0.2, 0) is 11.2 Å². The van der Waals surface area contributed by atoms with Gasteiger partial charge in [0.2, 0.25) is 0 Å². The average molecular weight is 261 g/mol. The van der Waals surface area contributed by atoms with Crippen molar-refractivity contribution in [2.45, 2.75) is 32.3 Å². The first kappa shape index (κ1) is 14.4. The molecule has 0 fully saturated rings. The molecule has 0 aliphatic rings. The van der Waals surface area contributed by atoms with E-state index in [2.05, 4.69) is 0 Å². The molecule has 0 aliphatic heterocycles. The van der Waals surface area contributed by atoms with Gasteiger partial charge in [-0.05, 0) is 43.5 Å². The molecule has 0 aromatic heterocycles. The summed E-state index contributed by atoms with van der Waals surface area (Å²) < 4.78 is 18.5. The molecule has 0 amide bonds. The average Bonchev–Trinajstić information content (AvgIpc) is 2.29. The molecule has 0 saturated carbocycles. The minimum atomic E-state index is -0.552. The van der Waals surface area contributed by atoms with Crippen LogP contribution in [0.3, 0.4) is 0 Å². The van der Waals surface area contributed by atoms with Crippen LogP contribution in [0.25, 0.3) is 0 Å². The molecule has 4 heteroatoms. The molecule has 17 heavy (non-hydrogen) atoms. The first-order valence-electron chi connectivity index (χ1n) is 5.83. The van der Waals surface area contributed by atoms with Crippen LogP contribution in [-0.4, -0.2) is 24.4 Å². The Morgan fingerprint density at radius 2 is 2.24 bits per heavy atom. The highest BCUT2D eigenvalue weighted by Gasteiger charge is 2.09. The SMILES string of the molecule is CCOCCCC(O)Cc1cc(Cl)ccc1F. The van der Waals surface area contributed by atoms with Gasteiger partial charge in [0.05, 0.1) is 6.10 Å². The second-order valence-electron chi connectivity index (χ2n) is 3.93. The Bertz CT molecular complexity index is 344. The fourth-order valence-corrected chi connectivity index (χ4v) is 1.82. The zero-order valence-electron chi connectivity index (χ0n) is 9.96. The minimum absolute atomic E-state index is 0.290. The number of aliphatic hydroxyl groups excluding tert-OH is 1. The molecule has 2 nitrogen and oxygen atoms in total. The fraction of sp³-hybridized carbons (Fsp3) is 0.538. The number of aliphatic hydroxyl groups is 1. The quantitative estimate of drug-likeness (QED) is 0.763. The largest absolute Gasteiger partial charge is 0.393 e. The normalized spacial score (nSPS) is 12.7. The molecule has 1 aromatic carbocycles. The van der Waals surface area contributed by atoms with Crippen LogP contribution in [0.1, 0.15) is 25.3 Å². The minimum Gasteiger partial charge on any atom is -0.393 e. The van der Waals surface area contributed by atoms with E-state index in [1.165, 1.54) is 12.1 Å². The van der Waals surface area contributed by atoms with Crippen molar-refractivity contribution >= 4 is 11.6 Å². The third kappa shape index (κ3) is 5.48. The lowest BCUT2D eigenvalue weighted by molar-refractivity contribution is 0.114. The van der Waals surface area contributed by atoms with E-state index in [0.717, 1.165) is 6.42 Å². The van der Waals surface area contributed by atoms with Gasteiger partial charge in [-0.25, -0.2) is 4.39 Å². The molecule has 0 saturated heterocycles. The molecule has 1 aromatic rings. The third-order valence-electron chi connectivity index (χ3n) is 2.49. The molecule has 1 rings (SSSR count). The second kappa shape index (κ2) is 7.64. The summed E-state index contributed by atoms with van der Waals surface area (Å²) in [5.74, 6) is -0.321. The van der Waals surface area contributed by atoms with Gasteiger partial charge in [-0.15, -0.1) is 0 Å². The van der Waals surface area contributed by atoms with Crippen LogP contribution in [0.4, 0.5) is 4.39 Å². The zero-order chi connectivity index (χ0) is 12.7. The number of hydrogen-bond donors (Lipinski definition) is 1. The van der Waals surface area contributed by atoms with Crippen LogP contribution < -0.4 is 0 Å². The maximum absolute atomic E-state index is 13.4. The summed E-state index contributed by atoms with van der Waals surface area (Å²) >= 11 is 5.78. The van der Waals surface area contributed by atoms with Gasteiger partial charge < -0.3 is 9.84 Å². The zero-order valence-corrected chi connectivity index (χ0v) is 10.7. The van der Waals surface area contributed by atoms with E-state index in [1.807, 2.05) is 6.92 Å². The van der Waals surface area contributed by atoms with Gasteiger partial charge in [-0.2, -0.15) is 0 Å². The van der Waals surface area contributed by atoms with Gasteiger partial charge in [0.25, 0.3) is 0 Å². The molecular weight excluding hydrogens is 243 g/mol. The molecule has 0 aliphatic carbocycles. The number of halogens is 2. The number of benzene rings is 1. The van der Waals surface area contributed by atoms with Gasteiger partial charge in [-0.3, -0.25) is 0 Å². The highest BCUT2D eigenvalue weighted by atomic mass is 35.5. The summed E-state index contributed by atoms with van der Waals surface area (Å²) in [4.78, 5) is 0. The van der Waals surface area contributed by atoms with E-state index in [0.29, 0.717) is 36.6 Å². The lowest BCUT2D eigenvalue weighted by Crippen LogP contribution is -2.12. The molecule has 1 unspecified atom stereocenters. The number of hydrogen-bond acceptors (Lipinski definition) is 2. The molecule has 0 radical (unpaired) electrons. The highest BCUT2D eigenvalue weighted by molar-refractivity contribution is 6.30. The lowest BCUT2D eigenvalue weighted by Gasteiger charge is -2.11. The Balaban J connectivity index is 2.39. The number of ether oxygens (including phenoxy) is 1. The summed E-state index contributed by atoms with van der Waals surface area (Å²) in [6.07, 6.45) is 1.12. The fourth-order valence-electron chi connectivity index (χ4n) is 1.62. The Kier molecular flexibility index (Phi) is 6.48. The van der Waals surface area contributed by atoms with E-state index in [4.69, 9.17) is 16.3 Å². The number of rotatable bonds is 7. The van der Waals surface area contributed by atoms with Crippen molar-refractivity contribution in [1.82, 2.24) is 0 Å². The molecule has 96 valence electrons. The van der Waals surface area contributed by atoms with Crippen molar-refractivity contribution in [3.63, 3.8) is 0 Å². The molecular formula is C13H18ClFO2. The Morgan fingerprint density at radius 3 is 2.94 bits per heavy atom. The summed E-state index contributed by atoms with van der Waals surface area (Å²) in [5, 5.41) is 10.2. The summed E-state index contributed by atoms with van der Waals surface area (Å²) in [5.41, 5.74) is 0.460. The first-order valence-corrected chi connectivity index (χ1v) is 6.21. The molecule has 0 heterocycles. The van der Waals surface area contributed by atoms with E-state index in [1.54, 1.807) is 6.07 Å². The standard InChI is InChI=1S/C13H18ClFO2/c1-2-17-7-3-4-12(16)9-10-8-11(14)5-6-13(10)15/h5-6,8,12,16H,2-4,7,9H2,1H3. The van der Waals surface area contributed by atoms with Crippen LogP contribution in [0.2, 0.25) is 5.02 Å². The van der Waals surface area contributed by atoms with Crippen molar-refractivity contribution in [1.29, 1.82) is 0 Å². The van der Waals surface area contributed by atoms with Crippen molar-refractivity contribution in [2.75, 3.05) is 13.2 Å². The second-order valence-corrected chi connectivity index (χ2v) is 4.37. The highest BCUT2D eigenvalue weighted by Crippen LogP contribution is 2.17. The molecule has 1 atom stereocenters. The predicted octanol–water partition coefficient (Wildman–Crippen LogP) is 3.20. The van der Waals surface area contributed by atoms with Crippen molar-refractivity contribution in [2.24, 2.45) is 0 Å². The summed E-state index contributed by atoms with van der Waals surface area (Å²) in [6.45, 7) is 3.24. The van der Waals surface area contributed by atoms with Crippen LogP contribution in [0.5, 0.6) is 0 Å². The van der Waals surface area contributed by atoms with E-state index < -0.39 is 6.10 Å². The monoisotopic (exact) mass is 260 g/mol. The van der Waals surface area contributed by atoms with Crippen molar-refractivity contribution < 1.29 is 14.2 Å². The van der Waals surface area contributed by atoms with Crippen molar-refractivity contribution in [3.05, 3.63) is 34.6 Å². The molecule has 0 bridgehead atoms. The van der Waals surface area contributed by atoms with Gasteiger partial charge in [0.15, 0.2) is 0 Å². The third-order valence-corrected chi connectivity index (χ3v) is 2.73. The molecule has 0 spiro atoms. The smallest absolute Gasteiger partial charge is 0.126 e. The Hall–Kier alpha value is -0.640. The lowest BCUT2D eigenvalue weighted by atomic mass is 10.0. The Labute approximate surface area is 106 Å². The van der Waals surface area contributed by atoms with Crippen LogP contribution >= 0.6 is 11.6 Å². The first-order chi connectivity index (χ1) is 8.13. The molecule has 1 N–H and O–H groups in total. The maximum atomic E-state index is 13.4. The maximum Gasteiger partial charge on any atom is 0.126 e. The predicted molar refractivity (Wildman–Crippen MR) is 66.8 cm³/mol. The summed E-state index contributed by atoms with van der Waals surface area (Å²) in [7, 11) is 0. The topological polar surface area (TPSA) is 29.5 Å². The Morgan fingerprint density at radius 1 is 1.47 bits per heavy atom.